The molecule has 0 atom stereocenters. The van der Waals surface area contributed by atoms with Crippen LogP contribution in [0, 0.1) is 0 Å². The summed E-state index contributed by atoms with van der Waals surface area (Å²) in [4.78, 5) is 37.2. The van der Waals surface area contributed by atoms with Gasteiger partial charge < -0.3 is 24.3 Å². The summed E-state index contributed by atoms with van der Waals surface area (Å²) in [5.41, 5.74) is 2.11. The van der Waals surface area contributed by atoms with Crippen LogP contribution >= 0.6 is 11.8 Å². The van der Waals surface area contributed by atoms with E-state index in [1.165, 1.54) is 18.9 Å². The Labute approximate surface area is 200 Å². The van der Waals surface area contributed by atoms with Crippen molar-refractivity contribution >= 4 is 35.3 Å². The Morgan fingerprint density at radius 3 is 2.50 bits per heavy atom. The fraction of sp³-hybridized carbons (Fsp3) is 0.160. The number of fused-ring (bicyclic) bond motifs is 1. The third kappa shape index (κ3) is 5.68. The van der Waals surface area contributed by atoms with Crippen LogP contribution in [0.1, 0.15) is 26.3 Å². The van der Waals surface area contributed by atoms with Crippen LogP contribution in [0.25, 0.3) is 0 Å². The van der Waals surface area contributed by atoms with E-state index in [0.717, 1.165) is 5.56 Å². The van der Waals surface area contributed by atoms with Gasteiger partial charge in [-0.15, -0.1) is 11.8 Å². The molecule has 0 bridgehead atoms. The fourth-order valence-corrected chi connectivity index (χ4v) is 4.00. The van der Waals surface area contributed by atoms with Gasteiger partial charge in [-0.2, -0.15) is 0 Å². The average molecular weight is 480 g/mol. The first-order valence-corrected chi connectivity index (χ1v) is 11.3. The number of ether oxygens (including phenoxy) is 4. The lowest BCUT2D eigenvalue weighted by Gasteiger charge is -2.10. The molecule has 0 radical (unpaired) electrons. The molecule has 0 aliphatic carbocycles. The molecule has 3 aromatic rings. The first kappa shape index (κ1) is 23.2. The van der Waals surface area contributed by atoms with Gasteiger partial charge in [-0.05, 0) is 42.0 Å². The second-order valence-corrected chi connectivity index (χ2v) is 8.18. The molecule has 0 saturated carbocycles. The predicted octanol–water partition coefficient (Wildman–Crippen LogP) is 4.29. The molecule has 4 rings (SSSR count). The van der Waals surface area contributed by atoms with E-state index in [0.29, 0.717) is 33.2 Å². The Kier molecular flexibility index (Phi) is 7.34. The Bertz CT molecular complexity index is 1210. The molecule has 0 saturated heterocycles. The van der Waals surface area contributed by atoms with Crippen LogP contribution in [0.2, 0.25) is 0 Å². The van der Waals surface area contributed by atoms with E-state index < -0.39 is 11.9 Å². The van der Waals surface area contributed by atoms with Gasteiger partial charge >= 0.3 is 11.9 Å². The highest BCUT2D eigenvalue weighted by atomic mass is 32.2. The van der Waals surface area contributed by atoms with Crippen LogP contribution < -0.4 is 14.8 Å². The van der Waals surface area contributed by atoms with Gasteiger partial charge in [0.05, 0.1) is 24.0 Å². The van der Waals surface area contributed by atoms with Crippen molar-refractivity contribution in [3.05, 3.63) is 83.4 Å². The van der Waals surface area contributed by atoms with Crippen molar-refractivity contribution in [3.63, 3.8) is 0 Å². The van der Waals surface area contributed by atoms with Crippen LogP contribution in [-0.4, -0.2) is 37.5 Å². The monoisotopic (exact) mass is 479 g/mol. The molecule has 0 fully saturated rings. The minimum absolute atomic E-state index is 0.0455. The molecule has 0 aromatic heterocycles. The standard InChI is InChI=1S/C25H21NO7S/c1-30-24(28)17-8-6-16(7-9-17)13-31-25(29)19-4-2-3-5-22(19)34-14-23(27)26-18-10-11-20-21(12-18)33-15-32-20/h2-12H,13-15H2,1H3,(H,26,27). The fourth-order valence-electron chi connectivity index (χ4n) is 3.16. The highest BCUT2D eigenvalue weighted by molar-refractivity contribution is 8.00. The molecular formula is C25H21NO7S. The van der Waals surface area contributed by atoms with Crippen LogP contribution in [0.15, 0.2) is 71.6 Å². The number of hydrogen-bond acceptors (Lipinski definition) is 8. The lowest BCUT2D eigenvalue weighted by Crippen LogP contribution is -2.14. The largest absolute Gasteiger partial charge is 0.465 e. The number of nitrogens with one attached hydrogen (secondary N) is 1. The van der Waals surface area contributed by atoms with Crippen molar-refractivity contribution in [2.75, 3.05) is 25.0 Å². The van der Waals surface area contributed by atoms with Crippen LogP contribution in [-0.2, 0) is 20.9 Å². The van der Waals surface area contributed by atoms with Crippen molar-refractivity contribution < 1.29 is 33.3 Å². The molecule has 34 heavy (non-hydrogen) atoms. The van der Waals surface area contributed by atoms with E-state index in [-0.39, 0.29) is 25.1 Å². The zero-order valence-corrected chi connectivity index (χ0v) is 19.1. The summed E-state index contributed by atoms with van der Waals surface area (Å²) in [7, 11) is 1.31. The van der Waals surface area contributed by atoms with E-state index in [9.17, 15) is 14.4 Å². The minimum Gasteiger partial charge on any atom is -0.465 e. The van der Waals surface area contributed by atoms with E-state index in [2.05, 4.69) is 10.1 Å². The van der Waals surface area contributed by atoms with E-state index >= 15 is 0 Å². The van der Waals surface area contributed by atoms with Gasteiger partial charge in [0.15, 0.2) is 11.5 Å². The summed E-state index contributed by atoms with van der Waals surface area (Å²) in [6.45, 7) is 0.207. The van der Waals surface area contributed by atoms with Crippen LogP contribution in [0.5, 0.6) is 11.5 Å². The molecule has 9 heteroatoms. The SMILES string of the molecule is COC(=O)c1ccc(COC(=O)c2ccccc2SCC(=O)Nc2ccc3c(c2)OCO3)cc1. The summed E-state index contributed by atoms with van der Waals surface area (Å²) in [5.74, 6) is 0.164. The van der Waals surface area contributed by atoms with Gasteiger partial charge in [0, 0.05) is 16.6 Å². The van der Waals surface area contributed by atoms with E-state index in [1.807, 2.05) is 0 Å². The van der Waals surface area contributed by atoms with Crippen LogP contribution in [0.3, 0.4) is 0 Å². The maximum atomic E-state index is 12.7. The molecule has 1 aliphatic heterocycles. The molecule has 1 N–H and O–H groups in total. The smallest absolute Gasteiger partial charge is 0.339 e. The Hall–Kier alpha value is -3.98. The minimum atomic E-state index is -0.503. The van der Waals surface area contributed by atoms with Crippen molar-refractivity contribution in [3.8, 4) is 11.5 Å². The highest BCUT2D eigenvalue weighted by Crippen LogP contribution is 2.34. The lowest BCUT2D eigenvalue weighted by molar-refractivity contribution is -0.113. The van der Waals surface area contributed by atoms with Gasteiger partial charge in [0.2, 0.25) is 12.7 Å². The van der Waals surface area contributed by atoms with Gasteiger partial charge in [0.25, 0.3) is 0 Å². The topological polar surface area (TPSA) is 100 Å². The van der Waals surface area contributed by atoms with Crippen molar-refractivity contribution in [1.29, 1.82) is 0 Å². The van der Waals surface area contributed by atoms with Gasteiger partial charge in [0.1, 0.15) is 6.61 Å². The number of thioether (sulfide) groups is 1. The molecule has 1 heterocycles. The summed E-state index contributed by atoms with van der Waals surface area (Å²) < 4.78 is 20.7. The zero-order chi connectivity index (χ0) is 23.9. The number of rotatable bonds is 8. The predicted molar refractivity (Wildman–Crippen MR) is 125 cm³/mol. The summed E-state index contributed by atoms with van der Waals surface area (Å²) in [6, 6.07) is 18.7. The summed E-state index contributed by atoms with van der Waals surface area (Å²) >= 11 is 1.24. The first-order valence-electron chi connectivity index (χ1n) is 10.3. The van der Waals surface area contributed by atoms with Crippen LogP contribution in [0.4, 0.5) is 5.69 Å². The van der Waals surface area contributed by atoms with E-state index in [1.54, 1.807) is 66.7 Å². The third-order valence-corrected chi connectivity index (χ3v) is 5.94. The first-order chi connectivity index (χ1) is 16.5. The number of carbonyl (C=O) groups is 3. The quantitative estimate of drug-likeness (QED) is 0.377. The van der Waals surface area contributed by atoms with Crippen molar-refractivity contribution in [2.45, 2.75) is 11.5 Å². The van der Waals surface area contributed by atoms with Gasteiger partial charge in [-0.3, -0.25) is 4.79 Å². The van der Waals surface area contributed by atoms with Crippen molar-refractivity contribution in [2.24, 2.45) is 0 Å². The summed E-state index contributed by atoms with van der Waals surface area (Å²) in [6.07, 6.45) is 0. The number of methoxy groups -OCH3 is 1. The van der Waals surface area contributed by atoms with E-state index in [4.69, 9.17) is 14.2 Å². The Morgan fingerprint density at radius 1 is 0.941 bits per heavy atom. The van der Waals surface area contributed by atoms with Gasteiger partial charge in [-0.25, -0.2) is 9.59 Å². The Balaban J connectivity index is 1.32. The molecule has 8 nitrogen and oxygen atoms in total. The molecule has 1 aliphatic rings. The number of hydrogen-bond donors (Lipinski definition) is 1. The number of benzene rings is 3. The second-order valence-electron chi connectivity index (χ2n) is 7.17. The third-order valence-electron chi connectivity index (χ3n) is 4.87. The average Bonchev–Trinajstić information content (AvgIpc) is 3.34. The highest BCUT2D eigenvalue weighted by Gasteiger charge is 2.16. The Morgan fingerprint density at radius 2 is 1.71 bits per heavy atom. The number of amides is 1. The zero-order valence-electron chi connectivity index (χ0n) is 18.2. The molecule has 1 amide bonds. The molecule has 174 valence electrons. The molecule has 0 spiro atoms. The number of carbonyl (C=O) groups excluding carboxylic acids is 3. The molecular weight excluding hydrogens is 458 g/mol. The molecule has 3 aromatic carbocycles. The molecule has 0 unspecified atom stereocenters. The normalized spacial score (nSPS) is 11.6. The second kappa shape index (κ2) is 10.8. The van der Waals surface area contributed by atoms with Gasteiger partial charge in [-0.1, -0.05) is 24.3 Å². The number of anilines is 1. The maximum absolute atomic E-state index is 12.7. The lowest BCUT2D eigenvalue weighted by atomic mass is 10.1. The van der Waals surface area contributed by atoms with Crippen molar-refractivity contribution in [1.82, 2.24) is 0 Å². The summed E-state index contributed by atoms with van der Waals surface area (Å²) in [5, 5.41) is 2.81. The number of esters is 2. The maximum Gasteiger partial charge on any atom is 0.339 e.